The minimum Gasteiger partial charge on any atom is -0.354 e. The quantitative estimate of drug-likeness (QED) is 0.449. The predicted octanol–water partition coefficient (Wildman–Crippen LogP) is 1.67. The molecule has 0 radical (unpaired) electrons. The van der Waals surface area contributed by atoms with Crippen LogP contribution in [0.15, 0.2) is 23.9 Å². The number of aryl methyl sites for hydroxylation is 1. The lowest BCUT2D eigenvalue weighted by Crippen LogP contribution is -2.37. The molecule has 130 valence electrons. The van der Waals surface area contributed by atoms with Crippen molar-refractivity contribution in [1.82, 2.24) is 15.2 Å². The molecule has 0 atom stereocenters. The molecule has 8 nitrogen and oxygen atoms in total. The van der Waals surface area contributed by atoms with Crippen LogP contribution >= 0.6 is 0 Å². The van der Waals surface area contributed by atoms with Crippen molar-refractivity contribution in [3.63, 3.8) is 0 Å². The first-order valence-electron chi connectivity index (χ1n) is 8.01. The normalized spacial score (nSPS) is 14.0. The number of rotatable bonds is 7. The second-order valence-corrected chi connectivity index (χ2v) is 5.84. The summed E-state index contributed by atoms with van der Waals surface area (Å²) >= 11 is 0. The van der Waals surface area contributed by atoms with Gasteiger partial charge >= 0.3 is 0 Å². The Balaban J connectivity index is 1.74. The minimum atomic E-state index is -0.566. The zero-order valence-electron chi connectivity index (χ0n) is 13.7. The summed E-state index contributed by atoms with van der Waals surface area (Å²) in [7, 11) is 1.54. The van der Waals surface area contributed by atoms with Gasteiger partial charge in [-0.2, -0.15) is 0 Å². The van der Waals surface area contributed by atoms with Gasteiger partial charge in [0.25, 0.3) is 11.6 Å². The van der Waals surface area contributed by atoms with Crippen LogP contribution in [0.4, 0.5) is 5.69 Å². The van der Waals surface area contributed by atoms with Gasteiger partial charge in [-0.1, -0.05) is 11.6 Å². The first-order chi connectivity index (χ1) is 11.5. The molecule has 1 aromatic heterocycles. The molecule has 1 aliphatic carbocycles. The van der Waals surface area contributed by atoms with E-state index in [0.717, 1.165) is 19.3 Å². The summed E-state index contributed by atoms with van der Waals surface area (Å²) in [4.78, 5) is 33.9. The Labute approximate surface area is 140 Å². The Morgan fingerprint density at radius 2 is 2.12 bits per heavy atom. The molecule has 0 unspecified atom stereocenters. The van der Waals surface area contributed by atoms with Crippen molar-refractivity contribution in [3.8, 4) is 0 Å². The van der Waals surface area contributed by atoms with Crippen LogP contribution in [-0.4, -0.2) is 34.4 Å². The molecule has 0 fully saturated rings. The van der Waals surface area contributed by atoms with E-state index in [1.165, 1.54) is 35.2 Å². The second-order valence-electron chi connectivity index (χ2n) is 5.84. The van der Waals surface area contributed by atoms with Gasteiger partial charge in [-0.25, -0.2) is 0 Å². The largest absolute Gasteiger partial charge is 0.354 e. The summed E-state index contributed by atoms with van der Waals surface area (Å²) in [5.41, 5.74) is 1.36. The zero-order valence-corrected chi connectivity index (χ0v) is 13.7. The highest BCUT2D eigenvalue weighted by Crippen LogP contribution is 2.19. The Bertz CT molecular complexity index is 663. The average Bonchev–Trinajstić information content (AvgIpc) is 2.96. The van der Waals surface area contributed by atoms with Crippen LogP contribution in [0.1, 0.15) is 42.6 Å². The monoisotopic (exact) mass is 334 g/mol. The average molecular weight is 334 g/mol. The lowest BCUT2D eigenvalue weighted by atomic mass is 9.97. The fraction of sp³-hybridized carbons (Fsp3) is 0.500. The number of nitro groups is 1. The van der Waals surface area contributed by atoms with E-state index < -0.39 is 10.8 Å². The standard InChI is InChI=1S/C16H22N4O4/c1-19-11-13(20(23)24)9-14(19)16(22)18-10-15(21)17-8-7-12-5-3-2-4-6-12/h5,9,11H,2-4,6-8,10H2,1H3,(H,17,21)(H,18,22). The third-order valence-corrected chi connectivity index (χ3v) is 4.00. The van der Waals surface area contributed by atoms with E-state index in [1.54, 1.807) is 7.05 Å². The summed E-state index contributed by atoms with van der Waals surface area (Å²) < 4.78 is 1.36. The van der Waals surface area contributed by atoms with Gasteiger partial charge in [-0.05, 0) is 32.1 Å². The summed E-state index contributed by atoms with van der Waals surface area (Å²) in [6.45, 7) is 0.396. The summed E-state index contributed by atoms with van der Waals surface area (Å²) in [5, 5.41) is 15.9. The highest BCUT2D eigenvalue weighted by Gasteiger charge is 2.17. The van der Waals surface area contributed by atoms with Gasteiger partial charge in [0.15, 0.2) is 0 Å². The van der Waals surface area contributed by atoms with Crippen LogP contribution in [0.2, 0.25) is 0 Å². The molecule has 0 aliphatic heterocycles. The SMILES string of the molecule is Cn1cc([N+](=O)[O-])cc1C(=O)NCC(=O)NCCC1=CCCCC1. The van der Waals surface area contributed by atoms with Gasteiger partial charge in [0.1, 0.15) is 5.69 Å². The number of hydrogen-bond donors (Lipinski definition) is 2. The molecule has 0 aromatic carbocycles. The molecule has 2 amide bonds. The van der Waals surface area contributed by atoms with Crippen molar-refractivity contribution < 1.29 is 14.5 Å². The number of nitrogens with one attached hydrogen (secondary N) is 2. The molecule has 8 heteroatoms. The van der Waals surface area contributed by atoms with Crippen LogP contribution in [0.3, 0.4) is 0 Å². The Morgan fingerprint density at radius 1 is 1.33 bits per heavy atom. The van der Waals surface area contributed by atoms with E-state index >= 15 is 0 Å². The Kier molecular flexibility index (Phi) is 6.11. The lowest BCUT2D eigenvalue weighted by Gasteiger charge is -2.13. The fourth-order valence-corrected chi connectivity index (χ4v) is 2.68. The van der Waals surface area contributed by atoms with Crippen LogP contribution in [-0.2, 0) is 11.8 Å². The second kappa shape index (κ2) is 8.28. The summed E-state index contributed by atoms with van der Waals surface area (Å²) in [5.74, 6) is -0.792. The number of aromatic nitrogens is 1. The predicted molar refractivity (Wildman–Crippen MR) is 88.6 cm³/mol. The molecular formula is C16H22N4O4. The van der Waals surface area contributed by atoms with E-state index in [-0.39, 0.29) is 23.8 Å². The van der Waals surface area contributed by atoms with Gasteiger partial charge in [0, 0.05) is 19.7 Å². The van der Waals surface area contributed by atoms with Crippen molar-refractivity contribution in [3.05, 3.63) is 39.7 Å². The van der Waals surface area contributed by atoms with Crippen molar-refractivity contribution in [2.45, 2.75) is 32.1 Å². The van der Waals surface area contributed by atoms with Gasteiger partial charge in [-0.3, -0.25) is 19.7 Å². The first-order valence-corrected chi connectivity index (χ1v) is 8.01. The molecule has 0 spiro atoms. The summed E-state index contributed by atoms with van der Waals surface area (Å²) in [6.07, 6.45) is 8.98. The zero-order chi connectivity index (χ0) is 17.5. The maximum absolute atomic E-state index is 12.0. The molecule has 0 bridgehead atoms. The Hall–Kier alpha value is -2.64. The van der Waals surface area contributed by atoms with Crippen molar-refractivity contribution in [1.29, 1.82) is 0 Å². The molecule has 0 saturated carbocycles. The maximum Gasteiger partial charge on any atom is 0.287 e. The van der Waals surface area contributed by atoms with Gasteiger partial charge in [-0.15, -0.1) is 0 Å². The van der Waals surface area contributed by atoms with Crippen LogP contribution in [0.25, 0.3) is 0 Å². The van der Waals surface area contributed by atoms with Gasteiger partial charge in [0.05, 0.1) is 17.7 Å². The smallest absolute Gasteiger partial charge is 0.287 e. The van der Waals surface area contributed by atoms with E-state index in [0.29, 0.717) is 6.54 Å². The van der Waals surface area contributed by atoms with E-state index in [2.05, 4.69) is 16.7 Å². The third-order valence-electron chi connectivity index (χ3n) is 4.00. The molecule has 1 heterocycles. The highest BCUT2D eigenvalue weighted by atomic mass is 16.6. The number of allylic oxidation sites excluding steroid dienone is 1. The molecule has 1 aromatic rings. The number of nitrogens with zero attached hydrogens (tertiary/aromatic N) is 2. The van der Waals surface area contributed by atoms with Crippen molar-refractivity contribution in [2.24, 2.45) is 7.05 Å². The minimum absolute atomic E-state index is 0.141. The van der Waals surface area contributed by atoms with E-state index in [9.17, 15) is 19.7 Å². The molecule has 24 heavy (non-hydrogen) atoms. The molecule has 2 rings (SSSR count). The van der Waals surface area contributed by atoms with Crippen molar-refractivity contribution in [2.75, 3.05) is 13.1 Å². The first kappa shape index (κ1) is 17.7. The van der Waals surface area contributed by atoms with Gasteiger partial charge < -0.3 is 15.2 Å². The van der Waals surface area contributed by atoms with Crippen molar-refractivity contribution >= 4 is 17.5 Å². The fourth-order valence-electron chi connectivity index (χ4n) is 2.68. The molecule has 2 N–H and O–H groups in total. The molecule has 0 saturated heterocycles. The van der Waals surface area contributed by atoms with E-state index in [1.807, 2.05) is 0 Å². The maximum atomic E-state index is 12.0. The number of hydrogen-bond acceptors (Lipinski definition) is 4. The topological polar surface area (TPSA) is 106 Å². The third kappa shape index (κ3) is 4.94. The molecular weight excluding hydrogens is 312 g/mol. The summed E-state index contributed by atoms with van der Waals surface area (Å²) in [6, 6.07) is 1.18. The van der Waals surface area contributed by atoms with Crippen LogP contribution in [0, 0.1) is 10.1 Å². The van der Waals surface area contributed by atoms with E-state index in [4.69, 9.17) is 0 Å². The van der Waals surface area contributed by atoms with Crippen LogP contribution < -0.4 is 10.6 Å². The Morgan fingerprint density at radius 3 is 2.75 bits per heavy atom. The number of amides is 2. The van der Waals surface area contributed by atoms with Crippen LogP contribution in [0.5, 0.6) is 0 Å². The molecule has 1 aliphatic rings. The highest BCUT2D eigenvalue weighted by molar-refractivity contribution is 5.95. The van der Waals surface area contributed by atoms with Gasteiger partial charge in [0.2, 0.25) is 5.91 Å². The lowest BCUT2D eigenvalue weighted by molar-refractivity contribution is -0.384. The number of carbonyl (C=O) groups is 2. The number of carbonyl (C=O) groups excluding carboxylic acids is 2.